The summed E-state index contributed by atoms with van der Waals surface area (Å²) in [6.07, 6.45) is -4.51. The summed E-state index contributed by atoms with van der Waals surface area (Å²) in [6, 6.07) is 23.5. The molecule has 0 amide bonds. The van der Waals surface area contributed by atoms with Gasteiger partial charge in [0.15, 0.2) is 0 Å². The zero-order chi connectivity index (χ0) is 21.2. The molecule has 0 atom stereocenters. The Morgan fingerprint density at radius 2 is 1.10 bits per heavy atom. The maximum atomic E-state index is 14.4. The van der Waals surface area contributed by atoms with Crippen LogP contribution in [-0.4, -0.2) is 33.1 Å². The molecule has 3 aromatic rings. The first kappa shape index (κ1) is 20.9. The third-order valence-electron chi connectivity index (χ3n) is 5.25. The molecule has 0 saturated heterocycles. The Bertz CT molecular complexity index is 909. The van der Waals surface area contributed by atoms with Crippen molar-refractivity contribution in [3.63, 3.8) is 0 Å². The molecule has 0 fully saturated rings. The van der Waals surface area contributed by atoms with Crippen LogP contribution < -0.4 is 4.90 Å². The van der Waals surface area contributed by atoms with E-state index in [2.05, 4.69) is 0 Å². The fraction of sp³-hybridized carbons (Fsp3) is 0.250. The molecule has 29 heavy (non-hydrogen) atoms. The van der Waals surface area contributed by atoms with Crippen molar-refractivity contribution in [2.24, 2.45) is 0 Å². The zero-order valence-electron chi connectivity index (χ0n) is 17.0. The van der Waals surface area contributed by atoms with Gasteiger partial charge in [-0.3, -0.25) is 4.90 Å². The minimum atomic E-state index is -4.51. The predicted octanol–water partition coefficient (Wildman–Crippen LogP) is 5.62. The van der Waals surface area contributed by atoms with Crippen molar-refractivity contribution in [1.29, 1.82) is 0 Å². The fourth-order valence-corrected chi connectivity index (χ4v) is 4.11. The van der Waals surface area contributed by atoms with Gasteiger partial charge in [0.1, 0.15) is 0 Å². The van der Waals surface area contributed by atoms with Gasteiger partial charge in [-0.2, -0.15) is 13.2 Å². The van der Waals surface area contributed by atoms with E-state index < -0.39 is 17.3 Å². The Hall–Kier alpha value is -2.79. The second kappa shape index (κ2) is 7.91. The molecule has 3 rings (SSSR count). The summed E-state index contributed by atoms with van der Waals surface area (Å²) >= 11 is 0. The van der Waals surface area contributed by atoms with E-state index in [0.29, 0.717) is 0 Å². The minimum Gasteiger partial charge on any atom is -0.377 e. The van der Waals surface area contributed by atoms with E-state index in [9.17, 15) is 13.2 Å². The lowest BCUT2D eigenvalue weighted by Gasteiger charge is -2.43. The topological polar surface area (TPSA) is 6.48 Å². The highest BCUT2D eigenvalue weighted by atomic mass is 19.4. The molecule has 3 aromatic carbocycles. The van der Waals surface area contributed by atoms with Crippen LogP contribution in [0.15, 0.2) is 78.9 Å². The van der Waals surface area contributed by atoms with Gasteiger partial charge in [0.2, 0.25) is 0 Å². The van der Waals surface area contributed by atoms with E-state index in [0.717, 1.165) is 11.1 Å². The van der Waals surface area contributed by atoms with Gasteiger partial charge in [-0.15, -0.1) is 0 Å². The molecule has 0 spiro atoms. The van der Waals surface area contributed by atoms with Crippen LogP contribution in [0, 0.1) is 0 Å². The van der Waals surface area contributed by atoms with Crippen LogP contribution in [0.1, 0.15) is 22.3 Å². The summed E-state index contributed by atoms with van der Waals surface area (Å²) in [5.74, 6) is 0. The molecule has 0 unspecified atom stereocenters. The molecule has 0 saturated carbocycles. The van der Waals surface area contributed by atoms with Gasteiger partial charge in [-0.1, -0.05) is 72.8 Å². The van der Waals surface area contributed by atoms with Crippen LogP contribution in [0.3, 0.4) is 0 Å². The summed E-state index contributed by atoms with van der Waals surface area (Å²) in [5, 5.41) is 0. The van der Waals surface area contributed by atoms with Crippen molar-refractivity contribution in [3.8, 4) is 0 Å². The number of anilines is 1. The summed E-state index contributed by atoms with van der Waals surface area (Å²) < 4.78 is 43.3. The molecule has 0 aliphatic heterocycles. The van der Waals surface area contributed by atoms with Crippen LogP contribution in [-0.2, 0) is 11.7 Å². The Kier molecular flexibility index (Phi) is 5.71. The van der Waals surface area contributed by atoms with Gasteiger partial charge in [-0.05, 0) is 36.9 Å². The average molecular weight is 398 g/mol. The Balaban J connectivity index is 2.52. The third-order valence-corrected chi connectivity index (χ3v) is 5.25. The summed E-state index contributed by atoms with van der Waals surface area (Å²) in [7, 11) is 6.92. The molecule has 0 radical (unpaired) electrons. The zero-order valence-corrected chi connectivity index (χ0v) is 17.0. The normalized spacial score (nSPS) is 12.3. The highest BCUT2D eigenvalue weighted by molar-refractivity contribution is 5.63. The SMILES string of the molecule is CN(C)c1cccc(C(c2ccccc2)(c2ccccc2)N(C)C)c1C(F)(F)F. The molecule has 0 N–H and O–H groups in total. The van der Waals surface area contributed by atoms with E-state index in [-0.39, 0.29) is 11.3 Å². The minimum absolute atomic E-state index is 0.146. The van der Waals surface area contributed by atoms with Crippen molar-refractivity contribution in [1.82, 2.24) is 4.90 Å². The lowest BCUT2D eigenvalue weighted by molar-refractivity contribution is -0.138. The largest absolute Gasteiger partial charge is 0.418 e. The highest BCUT2D eigenvalue weighted by Crippen LogP contribution is 2.48. The molecule has 0 aliphatic rings. The van der Waals surface area contributed by atoms with Crippen LogP contribution in [0.2, 0.25) is 0 Å². The van der Waals surface area contributed by atoms with Gasteiger partial charge in [0.05, 0.1) is 11.1 Å². The first-order valence-electron chi connectivity index (χ1n) is 9.37. The van der Waals surface area contributed by atoms with Crippen molar-refractivity contribution < 1.29 is 13.2 Å². The number of halogens is 3. The molecule has 2 nitrogen and oxygen atoms in total. The molecule has 5 heteroatoms. The number of alkyl halides is 3. The van der Waals surface area contributed by atoms with E-state index in [1.54, 1.807) is 26.2 Å². The molecule has 0 aliphatic carbocycles. The number of nitrogens with zero attached hydrogens (tertiary/aromatic N) is 2. The van der Waals surface area contributed by atoms with E-state index in [4.69, 9.17) is 0 Å². The Labute approximate surface area is 170 Å². The van der Waals surface area contributed by atoms with Crippen LogP contribution in [0.5, 0.6) is 0 Å². The standard InChI is InChI=1S/C24H25F3N2/c1-28(2)21-17-11-16-20(22(21)24(25,26)27)23(29(3)4,18-12-7-5-8-13-18)19-14-9-6-10-15-19/h5-17H,1-4H3. The van der Waals surface area contributed by atoms with E-state index in [1.807, 2.05) is 79.7 Å². The second-order valence-corrected chi connectivity index (χ2v) is 7.43. The first-order chi connectivity index (χ1) is 13.7. The maximum absolute atomic E-state index is 14.4. The van der Waals surface area contributed by atoms with Gasteiger partial charge in [0, 0.05) is 19.8 Å². The number of benzene rings is 3. The van der Waals surface area contributed by atoms with Gasteiger partial charge < -0.3 is 4.90 Å². The third kappa shape index (κ3) is 3.62. The van der Waals surface area contributed by atoms with Gasteiger partial charge >= 0.3 is 6.18 Å². The molecular weight excluding hydrogens is 373 g/mol. The number of hydrogen-bond acceptors (Lipinski definition) is 2. The van der Waals surface area contributed by atoms with Crippen molar-refractivity contribution in [2.45, 2.75) is 11.7 Å². The van der Waals surface area contributed by atoms with E-state index in [1.165, 1.54) is 11.0 Å². The predicted molar refractivity (Wildman–Crippen MR) is 112 cm³/mol. The quantitative estimate of drug-likeness (QED) is 0.514. The maximum Gasteiger partial charge on any atom is 0.418 e. The molecule has 0 heterocycles. The van der Waals surface area contributed by atoms with E-state index >= 15 is 0 Å². The Morgan fingerprint density at radius 1 is 0.621 bits per heavy atom. The molecule has 0 aromatic heterocycles. The van der Waals surface area contributed by atoms with Gasteiger partial charge in [-0.25, -0.2) is 0 Å². The molecular formula is C24H25F3N2. The first-order valence-corrected chi connectivity index (χ1v) is 9.37. The highest BCUT2D eigenvalue weighted by Gasteiger charge is 2.47. The fourth-order valence-electron chi connectivity index (χ4n) is 4.11. The van der Waals surface area contributed by atoms with Crippen LogP contribution in [0.25, 0.3) is 0 Å². The van der Waals surface area contributed by atoms with Gasteiger partial charge in [0.25, 0.3) is 0 Å². The Morgan fingerprint density at radius 3 is 1.48 bits per heavy atom. The summed E-state index contributed by atoms with van der Waals surface area (Å²) in [6.45, 7) is 0. The molecule has 152 valence electrons. The van der Waals surface area contributed by atoms with Crippen molar-refractivity contribution >= 4 is 5.69 Å². The average Bonchev–Trinajstić information content (AvgIpc) is 2.69. The van der Waals surface area contributed by atoms with Crippen LogP contribution >= 0.6 is 0 Å². The number of hydrogen-bond donors (Lipinski definition) is 0. The monoisotopic (exact) mass is 398 g/mol. The van der Waals surface area contributed by atoms with Crippen molar-refractivity contribution in [2.75, 3.05) is 33.1 Å². The van der Waals surface area contributed by atoms with Crippen molar-refractivity contribution in [3.05, 3.63) is 101 Å². The lowest BCUT2D eigenvalue weighted by atomic mass is 9.74. The van der Waals surface area contributed by atoms with Crippen LogP contribution in [0.4, 0.5) is 18.9 Å². The second-order valence-electron chi connectivity index (χ2n) is 7.43. The summed E-state index contributed by atoms with van der Waals surface area (Å²) in [5.41, 5.74) is 0.174. The smallest absolute Gasteiger partial charge is 0.377 e. The number of rotatable bonds is 5. The molecule has 0 bridgehead atoms. The summed E-state index contributed by atoms with van der Waals surface area (Å²) in [4.78, 5) is 3.38. The lowest BCUT2D eigenvalue weighted by Crippen LogP contribution is -2.45.